The van der Waals surface area contributed by atoms with Crippen LogP contribution in [0.3, 0.4) is 0 Å². The third-order valence-corrected chi connectivity index (χ3v) is 5.99. The summed E-state index contributed by atoms with van der Waals surface area (Å²) in [6, 6.07) is 6.91. The summed E-state index contributed by atoms with van der Waals surface area (Å²) in [5, 5.41) is 30.0. The second kappa shape index (κ2) is 17.9. The minimum atomic E-state index is -0.815. The molecule has 0 aliphatic rings. The summed E-state index contributed by atoms with van der Waals surface area (Å²) in [5.74, 6) is -0.592. The molecule has 0 aliphatic carbocycles. The molecule has 0 radical (unpaired) electrons. The number of unbranched alkanes of at least 4 members (excludes halogenated alkanes) is 4. The van der Waals surface area contributed by atoms with E-state index in [-0.39, 0.29) is 24.8 Å². The number of benzene rings is 1. The van der Waals surface area contributed by atoms with E-state index in [0.29, 0.717) is 37.7 Å². The number of carbonyl (C=O) groups excluding carboxylic acids is 2. The third-order valence-electron chi connectivity index (χ3n) is 5.46. The fourth-order valence-corrected chi connectivity index (χ4v) is 3.64. The number of ether oxygens (including phenoxy) is 1. The van der Waals surface area contributed by atoms with Gasteiger partial charge in [-0.15, -0.1) is 0 Å². The molecule has 33 heavy (non-hydrogen) atoms. The highest BCUT2D eigenvalue weighted by molar-refractivity contribution is 9.10. The molecule has 0 saturated carbocycles. The quantitative estimate of drug-likeness (QED) is 0.106. The molecule has 3 unspecified atom stereocenters. The van der Waals surface area contributed by atoms with Crippen molar-refractivity contribution in [3.63, 3.8) is 0 Å². The lowest BCUT2D eigenvalue weighted by Crippen LogP contribution is -2.27. The maximum atomic E-state index is 12.0. The fraction of sp³-hybridized carbons (Fsp3) is 0.615. The van der Waals surface area contributed by atoms with Crippen molar-refractivity contribution in [3.8, 4) is 0 Å². The molecule has 0 amide bonds. The number of ketones is 1. The molecule has 0 heterocycles. The number of esters is 1. The van der Waals surface area contributed by atoms with Crippen LogP contribution in [0.2, 0.25) is 0 Å². The number of hydrogen-bond acceptors (Lipinski definition) is 6. The highest BCUT2D eigenvalue weighted by Gasteiger charge is 2.17. The number of hydrogen-bond donors (Lipinski definition) is 3. The van der Waals surface area contributed by atoms with Gasteiger partial charge in [-0.25, -0.2) is 0 Å². The van der Waals surface area contributed by atoms with Gasteiger partial charge in [-0.05, 0) is 50.7 Å². The maximum Gasteiger partial charge on any atom is 0.306 e. The van der Waals surface area contributed by atoms with Crippen LogP contribution in [0.25, 0.3) is 0 Å². The third kappa shape index (κ3) is 14.4. The lowest BCUT2D eigenvalue weighted by atomic mass is 9.99. The van der Waals surface area contributed by atoms with Crippen molar-refractivity contribution >= 4 is 27.7 Å². The van der Waals surface area contributed by atoms with Gasteiger partial charge in [0.15, 0.2) is 12.4 Å². The number of rotatable bonds is 18. The van der Waals surface area contributed by atoms with Crippen LogP contribution in [0.1, 0.15) is 87.9 Å². The molecule has 0 fully saturated rings. The Morgan fingerprint density at radius 1 is 0.909 bits per heavy atom. The molecule has 0 aromatic heterocycles. The summed E-state index contributed by atoms with van der Waals surface area (Å²) in [7, 11) is 0. The molecule has 3 atom stereocenters. The molecular weight excluding hydrogens is 488 g/mol. The van der Waals surface area contributed by atoms with Crippen LogP contribution in [-0.2, 0) is 9.53 Å². The molecule has 186 valence electrons. The minimum Gasteiger partial charge on any atom is -0.457 e. The smallest absolute Gasteiger partial charge is 0.306 e. The Bertz CT molecular complexity index is 703. The Hall–Kier alpha value is -1.54. The molecule has 6 nitrogen and oxygen atoms in total. The second-order valence-electron chi connectivity index (χ2n) is 8.38. The van der Waals surface area contributed by atoms with E-state index >= 15 is 0 Å². The summed E-state index contributed by atoms with van der Waals surface area (Å²) in [6.07, 6.45) is 9.23. The predicted octanol–water partition coefficient (Wildman–Crippen LogP) is 5.12. The largest absolute Gasteiger partial charge is 0.457 e. The van der Waals surface area contributed by atoms with Crippen LogP contribution < -0.4 is 0 Å². The first kappa shape index (κ1) is 29.5. The van der Waals surface area contributed by atoms with Gasteiger partial charge in [-0.2, -0.15) is 0 Å². The fourth-order valence-electron chi connectivity index (χ4n) is 3.38. The van der Waals surface area contributed by atoms with Gasteiger partial charge in [0.1, 0.15) is 0 Å². The molecule has 0 spiro atoms. The summed E-state index contributed by atoms with van der Waals surface area (Å²) in [5.41, 5.74) is 0.513. The summed E-state index contributed by atoms with van der Waals surface area (Å²) < 4.78 is 5.94. The number of aliphatic hydroxyl groups excluding tert-OH is 3. The van der Waals surface area contributed by atoms with Gasteiger partial charge in [0.2, 0.25) is 0 Å². The van der Waals surface area contributed by atoms with Crippen LogP contribution in [0.15, 0.2) is 40.9 Å². The molecule has 1 aromatic rings. The van der Waals surface area contributed by atoms with E-state index < -0.39 is 18.3 Å². The van der Waals surface area contributed by atoms with E-state index in [1.165, 1.54) is 0 Å². The van der Waals surface area contributed by atoms with Crippen molar-refractivity contribution in [1.82, 2.24) is 0 Å². The van der Waals surface area contributed by atoms with Crippen LogP contribution in [-0.4, -0.2) is 52.0 Å². The molecule has 3 N–H and O–H groups in total. The SMILES string of the molecule is CCC=CCC(O)CCC(O)C(O)CCCCCCCC(=O)OCC(=O)c1ccc(Br)cc1. The van der Waals surface area contributed by atoms with Crippen molar-refractivity contribution in [2.24, 2.45) is 0 Å². The summed E-state index contributed by atoms with van der Waals surface area (Å²) in [4.78, 5) is 23.8. The first-order chi connectivity index (χ1) is 15.8. The van der Waals surface area contributed by atoms with Crippen LogP contribution >= 0.6 is 15.9 Å². The van der Waals surface area contributed by atoms with Gasteiger partial charge < -0.3 is 20.1 Å². The van der Waals surface area contributed by atoms with Crippen LogP contribution in [0.5, 0.6) is 0 Å². The Balaban J connectivity index is 2.03. The molecule has 1 rings (SSSR count). The van der Waals surface area contributed by atoms with Crippen LogP contribution in [0, 0.1) is 0 Å². The highest BCUT2D eigenvalue weighted by atomic mass is 79.9. The lowest BCUT2D eigenvalue weighted by molar-refractivity contribution is -0.142. The predicted molar refractivity (Wildman–Crippen MR) is 133 cm³/mol. The van der Waals surface area contributed by atoms with Gasteiger partial charge in [-0.3, -0.25) is 9.59 Å². The number of halogens is 1. The second-order valence-corrected chi connectivity index (χ2v) is 9.29. The van der Waals surface area contributed by atoms with Crippen molar-refractivity contribution in [2.45, 2.75) is 95.9 Å². The van der Waals surface area contributed by atoms with Gasteiger partial charge in [-0.1, -0.05) is 72.8 Å². The van der Waals surface area contributed by atoms with Crippen molar-refractivity contribution in [2.75, 3.05) is 6.61 Å². The highest BCUT2D eigenvalue weighted by Crippen LogP contribution is 2.15. The Morgan fingerprint density at radius 2 is 1.55 bits per heavy atom. The Morgan fingerprint density at radius 3 is 2.24 bits per heavy atom. The van der Waals surface area contributed by atoms with Gasteiger partial charge in [0.05, 0.1) is 18.3 Å². The van der Waals surface area contributed by atoms with E-state index in [2.05, 4.69) is 15.9 Å². The van der Waals surface area contributed by atoms with E-state index in [4.69, 9.17) is 4.74 Å². The standard InChI is InChI=1S/C26H39BrO6/c1-2-3-7-10-22(28)17-18-24(30)23(29)11-8-5-4-6-9-12-26(32)33-19-25(31)20-13-15-21(27)16-14-20/h3,7,13-16,22-24,28-30H,2,4-6,8-12,17-19H2,1H3. The zero-order chi connectivity index (χ0) is 24.5. The zero-order valence-corrected chi connectivity index (χ0v) is 21.2. The first-order valence-electron chi connectivity index (χ1n) is 12.0. The van der Waals surface area contributed by atoms with Crippen molar-refractivity contribution in [3.05, 3.63) is 46.5 Å². The van der Waals surface area contributed by atoms with E-state index in [9.17, 15) is 24.9 Å². The minimum absolute atomic E-state index is 0.223. The van der Waals surface area contributed by atoms with Gasteiger partial charge in [0.25, 0.3) is 0 Å². The molecular formula is C26H39BrO6. The Labute approximate surface area is 206 Å². The first-order valence-corrected chi connectivity index (χ1v) is 12.8. The summed E-state index contributed by atoms with van der Waals surface area (Å²) in [6.45, 7) is 1.79. The normalized spacial score (nSPS) is 14.2. The van der Waals surface area contributed by atoms with Gasteiger partial charge in [0, 0.05) is 16.5 Å². The molecule has 0 saturated heterocycles. The number of aliphatic hydroxyl groups is 3. The van der Waals surface area contributed by atoms with Crippen molar-refractivity contribution in [1.29, 1.82) is 0 Å². The zero-order valence-electron chi connectivity index (χ0n) is 19.6. The van der Waals surface area contributed by atoms with Gasteiger partial charge >= 0.3 is 5.97 Å². The lowest BCUT2D eigenvalue weighted by Gasteiger charge is -2.19. The average Bonchev–Trinajstić information content (AvgIpc) is 2.80. The summed E-state index contributed by atoms with van der Waals surface area (Å²) >= 11 is 3.31. The molecule has 1 aromatic carbocycles. The number of carbonyl (C=O) groups is 2. The molecule has 0 bridgehead atoms. The Kier molecular flexibility index (Phi) is 16.0. The van der Waals surface area contributed by atoms with E-state index in [1.807, 2.05) is 19.1 Å². The molecule has 0 aliphatic heterocycles. The van der Waals surface area contributed by atoms with Crippen molar-refractivity contribution < 1.29 is 29.6 Å². The van der Waals surface area contributed by atoms with E-state index in [1.54, 1.807) is 24.3 Å². The monoisotopic (exact) mass is 526 g/mol. The van der Waals surface area contributed by atoms with E-state index in [0.717, 1.165) is 36.6 Å². The average molecular weight is 527 g/mol. The number of Topliss-reactive ketones (excluding diaryl/α,β-unsaturated/α-hetero) is 1. The topological polar surface area (TPSA) is 104 Å². The molecule has 7 heteroatoms. The number of allylic oxidation sites excluding steroid dienone is 1. The van der Waals surface area contributed by atoms with Crippen LogP contribution in [0.4, 0.5) is 0 Å². The maximum absolute atomic E-state index is 12.0.